The van der Waals surface area contributed by atoms with Crippen molar-refractivity contribution >= 4 is 44.1 Å². The number of rotatable bonds is 2. The second kappa shape index (κ2) is 8.62. The van der Waals surface area contributed by atoms with Crippen LogP contribution in [0.4, 0.5) is 0 Å². The summed E-state index contributed by atoms with van der Waals surface area (Å²) in [7, 11) is 0. The van der Waals surface area contributed by atoms with E-state index in [1.165, 1.54) is 69.9 Å². The van der Waals surface area contributed by atoms with Crippen molar-refractivity contribution in [3.05, 3.63) is 156 Å². The molecule has 0 fully saturated rings. The molecule has 0 unspecified atom stereocenters. The van der Waals surface area contributed by atoms with Crippen molar-refractivity contribution in [3.8, 4) is 11.1 Å². The van der Waals surface area contributed by atoms with E-state index in [0.29, 0.717) is 0 Å². The minimum Gasteiger partial charge on any atom is -0.0894 e. The third-order valence-corrected chi connectivity index (χ3v) is 9.13. The molecule has 7 aromatic rings. The molecule has 0 nitrogen and oxygen atoms in total. The van der Waals surface area contributed by atoms with Gasteiger partial charge in [0, 0.05) is 15.7 Å². The summed E-state index contributed by atoms with van der Waals surface area (Å²) in [4.78, 5) is 2.71. The lowest BCUT2D eigenvalue weighted by Gasteiger charge is -2.31. The van der Waals surface area contributed by atoms with Crippen molar-refractivity contribution in [3.63, 3.8) is 0 Å². The van der Waals surface area contributed by atoms with Crippen LogP contribution in [0.2, 0.25) is 0 Å². The Hall–Kier alpha value is -4.33. The average Bonchev–Trinajstić information content (AvgIpc) is 2.99. The van der Waals surface area contributed by atoms with Gasteiger partial charge in [-0.1, -0.05) is 133 Å². The Morgan fingerprint density at radius 3 is 1.66 bits per heavy atom. The van der Waals surface area contributed by atoms with Crippen LogP contribution < -0.4 is 0 Å². The molecule has 1 aliphatic rings. The van der Waals surface area contributed by atoms with Crippen LogP contribution in [0.25, 0.3) is 43.4 Å². The highest BCUT2D eigenvalue weighted by molar-refractivity contribution is 7.99. The number of hydrogen-bond donors (Lipinski definition) is 0. The van der Waals surface area contributed by atoms with Gasteiger partial charge in [0.25, 0.3) is 0 Å². The van der Waals surface area contributed by atoms with Gasteiger partial charge < -0.3 is 0 Å². The fraction of sp³-hybridized carbons (Fsp3) is 0.0270. The molecule has 0 N–H and O–H groups in total. The summed E-state index contributed by atoms with van der Waals surface area (Å²) in [5.41, 5.74) is 6.73. The molecule has 0 spiro atoms. The van der Waals surface area contributed by atoms with Gasteiger partial charge in [0.05, 0.1) is 0 Å². The van der Waals surface area contributed by atoms with Crippen molar-refractivity contribution in [2.75, 3.05) is 0 Å². The summed E-state index contributed by atoms with van der Waals surface area (Å²) >= 11 is 1.91. The summed E-state index contributed by atoms with van der Waals surface area (Å²) in [6.07, 6.45) is 0. The standard InChI is InChI=1S/C37H24S/c1-2-9-24(10-3-1)29-16-8-13-27-17-18-28(23-32(27)29)35-36-30-14-6-4-11-25(30)19-21-33(36)38-34-22-20-26-12-5-7-15-31(26)37(34)35/h1-23,35H. The number of hydrogen-bond acceptors (Lipinski definition) is 1. The van der Waals surface area contributed by atoms with Crippen LogP contribution in [-0.4, -0.2) is 0 Å². The predicted octanol–water partition coefficient (Wildman–Crippen LogP) is 10.5. The fourth-order valence-corrected chi connectivity index (χ4v) is 7.44. The molecule has 0 atom stereocenters. The average molecular weight is 501 g/mol. The summed E-state index contributed by atoms with van der Waals surface area (Å²) in [5.74, 6) is 0.145. The summed E-state index contributed by atoms with van der Waals surface area (Å²) in [6.45, 7) is 0. The molecular weight excluding hydrogens is 476 g/mol. The second-order valence-corrected chi connectivity index (χ2v) is 11.2. The maximum atomic E-state index is 2.45. The van der Waals surface area contributed by atoms with E-state index in [2.05, 4.69) is 140 Å². The molecule has 0 radical (unpaired) electrons. The van der Waals surface area contributed by atoms with E-state index in [1.54, 1.807) is 0 Å². The van der Waals surface area contributed by atoms with Gasteiger partial charge >= 0.3 is 0 Å². The molecule has 0 amide bonds. The zero-order valence-electron chi connectivity index (χ0n) is 20.8. The Balaban J connectivity index is 1.47. The van der Waals surface area contributed by atoms with Gasteiger partial charge in [-0.3, -0.25) is 0 Å². The van der Waals surface area contributed by atoms with Crippen LogP contribution >= 0.6 is 11.8 Å². The smallest absolute Gasteiger partial charge is 0.0374 e. The minimum atomic E-state index is 0.145. The van der Waals surface area contributed by atoms with Crippen LogP contribution in [0.1, 0.15) is 22.6 Å². The quantitative estimate of drug-likeness (QED) is 0.227. The first kappa shape index (κ1) is 21.7. The van der Waals surface area contributed by atoms with Crippen LogP contribution in [0.15, 0.2) is 149 Å². The molecule has 7 aromatic carbocycles. The zero-order chi connectivity index (χ0) is 25.1. The third kappa shape index (κ3) is 3.32. The first-order valence-electron chi connectivity index (χ1n) is 13.1. The Bertz CT molecular complexity index is 1920. The fourth-order valence-electron chi connectivity index (χ4n) is 6.26. The van der Waals surface area contributed by atoms with Crippen LogP contribution in [0.5, 0.6) is 0 Å². The highest BCUT2D eigenvalue weighted by atomic mass is 32.2. The van der Waals surface area contributed by atoms with Gasteiger partial charge in [-0.2, -0.15) is 0 Å². The molecule has 8 rings (SSSR count). The van der Waals surface area contributed by atoms with Crippen molar-refractivity contribution in [2.45, 2.75) is 15.7 Å². The van der Waals surface area contributed by atoms with Crippen LogP contribution in [0.3, 0.4) is 0 Å². The van der Waals surface area contributed by atoms with Gasteiger partial charge in [-0.15, -0.1) is 0 Å². The number of fused-ring (bicyclic) bond motifs is 7. The Morgan fingerprint density at radius 1 is 0.421 bits per heavy atom. The zero-order valence-corrected chi connectivity index (χ0v) is 21.6. The molecule has 178 valence electrons. The van der Waals surface area contributed by atoms with E-state index in [0.717, 1.165) is 0 Å². The van der Waals surface area contributed by atoms with Crippen LogP contribution in [0, 0.1) is 0 Å². The van der Waals surface area contributed by atoms with E-state index in [1.807, 2.05) is 11.8 Å². The van der Waals surface area contributed by atoms with Gasteiger partial charge in [0.1, 0.15) is 0 Å². The van der Waals surface area contributed by atoms with E-state index >= 15 is 0 Å². The molecule has 0 saturated carbocycles. The maximum absolute atomic E-state index is 2.45. The third-order valence-electron chi connectivity index (χ3n) is 7.98. The SMILES string of the molecule is c1ccc(-c2cccc3ccc(C4c5c(ccc6ccccc56)Sc5ccc6ccccc6c54)cc23)cc1. The Kier molecular flexibility index (Phi) is 4.93. The van der Waals surface area contributed by atoms with Crippen LogP contribution in [-0.2, 0) is 0 Å². The lowest BCUT2D eigenvalue weighted by atomic mass is 9.79. The molecule has 1 heterocycles. The number of benzene rings is 7. The summed E-state index contributed by atoms with van der Waals surface area (Å²) < 4.78 is 0. The Morgan fingerprint density at radius 2 is 0.974 bits per heavy atom. The van der Waals surface area contributed by atoms with Crippen molar-refractivity contribution in [1.29, 1.82) is 0 Å². The monoisotopic (exact) mass is 500 g/mol. The van der Waals surface area contributed by atoms with E-state index in [4.69, 9.17) is 0 Å². The van der Waals surface area contributed by atoms with Crippen molar-refractivity contribution in [1.82, 2.24) is 0 Å². The summed E-state index contributed by atoms with van der Waals surface area (Å²) in [5, 5.41) is 7.86. The van der Waals surface area contributed by atoms with E-state index < -0.39 is 0 Å². The predicted molar refractivity (Wildman–Crippen MR) is 162 cm³/mol. The lowest BCUT2D eigenvalue weighted by molar-refractivity contribution is 0.928. The highest BCUT2D eigenvalue weighted by Gasteiger charge is 2.31. The highest BCUT2D eigenvalue weighted by Crippen LogP contribution is 2.53. The van der Waals surface area contributed by atoms with Crippen molar-refractivity contribution < 1.29 is 0 Å². The van der Waals surface area contributed by atoms with E-state index in [9.17, 15) is 0 Å². The largest absolute Gasteiger partial charge is 0.0894 e. The van der Waals surface area contributed by atoms with Gasteiger partial charge in [-0.05, 0) is 78.3 Å². The van der Waals surface area contributed by atoms with Gasteiger partial charge in [-0.25, -0.2) is 0 Å². The molecular formula is C37H24S. The minimum absolute atomic E-state index is 0.145. The molecule has 0 bridgehead atoms. The van der Waals surface area contributed by atoms with Crippen molar-refractivity contribution in [2.24, 2.45) is 0 Å². The molecule has 0 aliphatic carbocycles. The van der Waals surface area contributed by atoms with E-state index in [-0.39, 0.29) is 5.92 Å². The Labute approximate surface area is 226 Å². The first-order valence-corrected chi connectivity index (χ1v) is 14.0. The molecule has 1 heteroatoms. The van der Waals surface area contributed by atoms with Gasteiger partial charge in [0.15, 0.2) is 0 Å². The lowest BCUT2D eigenvalue weighted by Crippen LogP contribution is -2.11. The normalized spacial score (nSPS) is 13.1. The summed E-state index contributed by atoms with van der Waals surface area (Å²) in [6, 6.07) is 51.5. The van der Waals surface area contributed by atoms with Gasteiger partial charge in [0.2, 0.25) is 0 Å². The topological polar surface area (TPSA) is 0 Å². The second-order valence-electron chi connectivity index (χ2n) is 10.1. The maximum Gasteiger partial charge on any atom is 0.0374 e. The first-order chi connectivity index (χ1) is 18.8. The molecule has 0 saturated heterocycles. The molecule has 1 aliphatic heterocycles. The molecule has 0 aromatic heterocycles. The molecule has 38 heavy (non-hydrogen) atoms.